The number of rotatable bonds is 4. The molecule has 3 saturated heterocycles. The zero-order valence-electron chi connectivity index (χ0n) is 16.0. The van der Waals surface area contributed by atoms with Gasteiger partial charge in [-0.25, -0.2) is 0 Å². The van der Waals surface area contributed by atoms with E-state index in [-0.39, 0.29) is 11.9 Å². The second-order valence-electron chi connectivity index (χ2n) is 7.91. The Morgan fingerprint density at radius 2 is 1.86 bits per heavy atom. The number of hydrogen-bond acceptors (Lipinski definition) is 3. The van der Waals surface area contributed by atoms with Gasteiger partial charge in [0.25, 0.3) is 5.91 Å². The highest BCUT2D eigenvalue weighted by atomic mass is 16.3. The van der Waals surface area contributed by atoms with Gasteiger partial charge in [0.2, 0.25) is 0 Å². The molecule has 2 aromatic heterocycles. The van der Waals surface area contributed by atoms with Crippen molar-refractivity contribution in [1.82, 2.24) is 15.2 Å². The van der Waals surface area contributed by atoms with Crippen molar-refractivity contribution in [2.24, 2.45) is 5.92 Å². The number of nitrogens with one attached hydrogen (secondary N) is 2. The number of nitrogens with zero attached hydrogens (tertiary/aromatic N) is 1. The molecule has 2 unspecified atom stereocenters. The van der Waals surface area contributed by atoms with Gasteiger partial charge in [-0.05, 0) is 63.0 Å². The van der Waals surface area contributed by atoms with Crippen molar-refractivity contribution in [2.75, 3.05) is 13.1 Å². The van der Waals surface area contributed by atoms with E-state index >= 15 is 0 Å². The van der Waals surface area contributed by atoms with Crippen LogP contribution in [0.2, 0.25) is 0 Å². The maximum atomic E-state index is 12.9. The highest BCUT2D eigenvalue weighted by Gasteiger charge is 2.40. The molecule has 5 heteroatoms. The molecule has 6 rings (SSSR count). The van der Waals surface area contributed by atoms with Crippen molar-refractivity contribution < 1.29 is 9.21 Å². The molecule has 0 saturated carbocycles. The summed E-state index contributed by atoms with van der Waals surface area (Å²) in [5, 5.41) is 3.24. The molecule has 3 fully saturated rings. The lowest BCUT2D eigenvalue weighted by atomic mass is 9.79. The Morgan fingerprint density at radius 1 is 1.07 bits per heavy atom. The lowest BCUT2D eigenvalue weighted by Crippen LogP contribution is -2.62. The van der Waals surface area contributed by atoms with Crippen LogP contribution in [0.5, 0.6) is 0 Å². The number of furan rings is 1. The first kappa shape index (κ1) is 17.3. The average Bonchev–Trinajstić information content (AvgIpc) is 3.43. The third-order valence-electron chi connectivity index (χ3n) is 6.39. The maximum absolute atomic E-state index is 12.9. The van der Waals surface area contributed by atoms with E-state index in [1.807, 2.05) is 42.6 Å². The predicted octanol–water partition coefficient (Wildman–Crippen LogP) is 4.15. The molecule has 3 aliphatic rings. The van der Waals surface area contributed by atoms with Gasteiger partial charge in [-0.1, -0.05) is 24.3 Å². The van der Waals surface area contributed by atoms with E-state index in [0.717, 1.165) is 29.9 Å². The predicted molar refractivity (Wildman–Crippen MR) is 109 cm³/mol. The molecule has 5 heterocycles. The van der Waals surface area contributed by atoms with Crippen LogP contribution in [0.3, 0.4) is 0 Å². The van der Waals surface area contributed by atoms with E-state index < -0.39 is 0 Å². The van der Waals surface area contributed by atoms with Gasteiger partial charge in [0.05, 0.1) is 0 Å². The Balaban J connectivity index is 1.38. The largest absolute Gasteiger partial charge is 0.451 e. The van der Waals surface area contributed by atoms with Gasteiger partial charge in [0, 0.05) is 35.1 Å². The van der Waals surface area contributed by atoms with Gasteiger partial charge in [-0.2, -0.15) is 0 Å². The minimum Gasteiger partial charge on any atom is -0.451 e. The van der Waals surface area contributed by atoms with Gasteiger partial charge in [0.1, 0.15) is 5.76 Å². The Kier molecular flexibility index (Phi) is 4.32. The van der Waals surface area contributed by atoms with Crippen LogP contribution in [-0.4, -0.2) is 41.0 Å². The van der Waals surface area contributed by atoms with Crippen LogP contribution in [0.15, 0.2) is 59.1 Å². The first-order valence-corrected chi connectivity index (χ1v) is 10.1. The summed E-state index contributed by atoms with van der Waals surface area (Å²) in [7, 11) is 0. The third-order valence-corrected chi connectivity index (χ3v) is 6.39. The quantitative estimate of drug-likeness (QED) is 0.720. The number of amides is 1. The van der Waals surface area contributed by atoms with Crippen LogP contribution >= 0.6 is 0 Å². The Bertz CT molecular complexity index is 965. The zero-order chi connectivity index (χ0) is 19.1. The number of aromatic nitrogens is 1. The van der Waals surface area contributed by atoms with Gasteiger partial charge < -0.3 is 14.7 Å². The van der Waals surface area contributed by atoms with E-state index in [1.165, 1.54) is 12.8 Å². The number of piperidine rings is 3. The summed E-state index contributed by atoms with van der Waals surface area (Å²) in [5.41, 5.74) is 3.05. The Morgan fingerprint density at radius 3 is 2.57 bits per heavy atom. The molecule has 28 heavy (non-hydrogen) atoms. The van der Waals surface area contributed by atoms with E-state index in [4.69, 9.17) is 4.42 Å². The number of carbonyl (C=O) groups is 1. The Labute approximate surface area is 164 Å². The highest BCUT2D eigenvalue weighted by Crippen LogP contribution is 2.34. The maximum Gasteiger partial charge on any atom is 0.287 e. The van der Waals surface area contributed by atoms with Crippen molar-refractivity contribution in [3.8, 4) is 22.6 Å². The summed E-state index contributed by atoms with van der Waals surface area (Å²) in [4.78, 5) is 18.6. The molecule has 144 valence electrons. The second kappa shape index (κ2) is 6.99. The standard InChI is InChI=1S/C23H25N3O2/c1-15-22(16-10-13-26(15)14-11-16)25-23(27)21-9-8-20(28-21)18-6-3-2-5-17(18)19-7-4-12-24-19/h2-9,12,15-16,22,24H,10-11,13-14H2,1H3,(H,25,27). The van der Waals surface area contributed by atoms with Gasteiger partial charge in [-0.3, -0.25) is 9.69 Å². The number of hydrogen-bond donors (Lipinski definition) is 2. The molecule has 2 bridgehead atoms. The number of carbonyl (C=O) groups excluding carboxylic acids is 1. The van der Waals surface area contributed by atoms with Crippen molar-refractivity contribution in [1.29, 1.82) is 0 Å². The van der Waals surface area contributed by atoms with Crippen molar-refractivity contribution in [2.45, 2.75) is 31.8 Å². The first-order valence-electron chi connectivity index (χ1n) is 10.1. The smallest absolute Gasteiger partial charge is 0.287 e. The van der Waals surface area contributed by atoms with Crippen molar-refractivity contribution >= 4 is 5.91 Å². The van der Waals surface area contributed by atoms with Crippen LogP contribution in [0.1, 0.15) is 30.3 Å². The van der Waals surface area contributed by atoms with Crippen LogP contribution in [0.25, 0.3) is 22.6 Å². The minimum atomic E-state index is -0.116. The molecule has 5 nitrogen and oxygen atoms in total. The van der Waals surface area contributed by atoms with Crippen LogP contribution in [-0.2, 0) is 0 Å². The summed E-state index contributed by atoms with van der Waals surface area (Å²) < 4.78 is 5.99. The molecule has 3 aromatic rings. The molecule has 0 aliphatic carbocycles. The topological polar surface area (TPSA) is 61.3 Å². The van der Waals surface area contributed by atoms with Crippen LogP contribution < -0.4 is 5.32 Å². The van der Waals surface area contributed by atoms with Crippen molar-refractivity contribution in [3.05, 3.63) is 60.5 Å². The summed E-state index contributed by atoms with van der Waals surface area (Å²) in [6.07, 6.45) is 4.24. The van der Waals surface area contributed by atoms with E-state index in [2.05, 4.69) is 28.2 Å². The third kappa shape index (κ3) is 2.96. The molecular formula is C23H25N3O2. The summed E-state index contributed by atoms with van der Waals surface area (Å²) in [6.45, 7) is 4.52. The summed E-state index contributed by atoms with van der Waals surface area (Å²) in [5.74, 6) is 1.54. The SMILES string of the molecule is CC1C(NC(=O)c2ccc(-c3ccccc3-c3ccc[nH]3)o2)C2CCN1CC2. The molecule has 2 N–H and O–H groups in total. The number of fused-ring (bicyclic) bond motifs is 3. The zero-order valence-corrected chi connectivity index (χ0v) is 16.0. The normalized spacial score (nSPS) is 26.3. The second-order valence-corrected chi connectivity index (χ2v) is 7.91. The minimum absolute atomic E-state index is 0.116. The summed E-state index contributed by atoms with van der Waals surface area (Å²) >= 11 is 0. The number of aromatic amines is 1. The molecule has 1 amide bonds. The van der Waals surface area contributed by atoms with Gasteiger partial charge in [0.15, 0.2) is 5.76 Å². The molecule has 1 aromatic carbocycles. The molecule has 0 spiro atoms. The fourth-order valence-electron chi connectivity index (χ4n) is 4.80. The summed E-state index contributed by atoms with van der Waals surface area (Å²) in [6, 6.07) is 16.3. The average molecular weight is 375 g/mol. The Hall–Kier alpha value is -2.79. The fourth-order valence-corrected chi connectivity index (χ4v) is 4.80. The lowest BCUT2D eigenvalue weighted by molar-refractivity contribution is 0.0211. The molecular weight excluding hydrogens is 350 g/mol. The van der Waals surface area contributed by atoms with Crippen molar-refractivity contribution in [3.63, 3.8) is 0 Å². The van der Waals surface area contributed by atoms with E-state index in [0.29, 0.717) is 23.5 Å². The lowest BCUT2D eigenvalue weighted by Gasteiger charge is -2.49. The first-order chi connectivity index (χ1) is 13.7. The molecule has 0 radical (unpaired) electrons. The number of benzene rings is 1. The molecule has 2 atom stereocenters. The molecule has 3 aliphatic heterocycles. The van der Waals surface area contributed by atoms with E-state index in [9.17, 15) is 4.79 Å². The highest BCUT2D eigenvalue weighted by molar-refractivity contribution is 5.93. The van der Waals surface area contributed by atoms with Gasteiger partial charge >= 0.3 is 0 Å². The number of H-pyrrole nitrogens is 1. The van der Waals surface area contributed by atoms with Gasteiger partial charge in [-0.15, -0.1) is 0 Å². The van der Waals surface area contributed by atoms with E-state index in [1.54, 1.807) is 6.07 Å². The van der Waals surface area contributed by atoms with Crippen LogP contribution in [0, 0.1) is 5.92 Å². The van der Waals surface area contributed by atoms with Crippen LogP contribution in [0.4, 0.5) is 0 Å². The fraction of sp³-hybridized carbons (Fsp3) is 0.348. The monoisotopic (exact) mass is 375 g/mol.